The molecule has 0 aromatic carbocycles. The molecule has 0 atom stereocenters. The number of ether oxygens (including phenoxy) is 1. The Hall–Kier alpha value is -2.51. The molecule has 2 aromatic heterocycles. The smallest absolute Gasteiger partial charge is 0.243 e. The number of methoxy groups -OCH3 is 1. The Morgan fingerprint density at radius 1 is 1.11 bits per heavy atom. The summed E-state index contributed by atoms with van der Waals surface area (Å²) >= 11 is 0. The lowest BCUT2D eigenvalue weighted by Gasteiger charge is -2.12. The van der Waals surface area contributed by atoms with Crippen LogP contribution < -0.4 is 15.0 Å². The third kappa shape index (κ3) is 2.67. The van der Waals surface area contributed by atoms with E-state index in [0.717, 1.165) is 0 Å². The molecule has 19 heavy (non-hydrogen) atoms. The molecule has 8 heteroatoms. The summed E-state index contributed by atoms with van der Waals surface area (Å²) < 4.78 is 5.17. The van der Waals surface area contributed by atoms with Gasteiger partial charge < -0.3 is 15.0 Å². The summed E-state index contributed by atoms with van der Waals surface area (Å²) in [6.07, 6.45) is 3.12. The van der Waals surface area contributed by atoms with Crippen LogP contribution in [0.25, 0.3) is 11.5 Å². The molecule has 100 valence electrons. The number of hydrogen-bond acceptors (Lipinski definition) is 8. The SMILES string of the molecule is CNc1nc(-c2nccnc2OC)nc(N(C)C)n1. The molecule has 0 aliphatic rings. The monoisotopic (exact) mass is 261 g/mol. The molecular weight excluding hydrogens is 246 g/mol. The topological polar surface area (TPSA) is 89.0 Å². The van der Waals surface area contributed by atoms with E-state index in [1.54, 1.807) is 24.3 Å². The van der Waals surface area contributed by atoms with E-state index in [4.69, 9.17) is 4.74 Å². The van der Waals surface area contributed by atoms with Gasteiger partial charge in [0.15, 0.2) is 11.5 Å². The van der Waals surface area contributed by atoms with E-state index >= 15 is 0 Å². The fourth-order valence-corrected chi connectivity index (χ4v) is 1.41. The largest absolute Gasteiger partial charge is 0.479 e. The van der Waals surface area contributed by atoms with E-state index in [1.165, 1.54) is 7.11 Å². The molecule has 0 fully saturated rings. The van der Waals surface area contributed by atoms with Crippen molar-refractivity contribution in [3.63, 3.8) is 0 Å². The van der Waals surface area contributed by atoms with E-state index < -0.39 is 0 Å². The third-order valence-corrected chi connectivity index (χ3v) is 2.32. The molecular formula is C11H15N7O. The zero-order valence-corrected chi connectivity index (χ0v) is 11.2. The maximum atomic E-state index is 5.17. The van der Waals surface area contributed by atoms with Gasteiger partial charge in [0.1, 0.15) is 0 Å². The van der Waals surface area contributed by atoms with Crippen LogP contribution in [0.1, 0.15) is 0 Å². The van der Waals surface area contributed by atoms with Crippen molar-refractivity contribution < 1.29 is 4.74 Å². The standard InChI is InChI=1S/C11H15N7O/c1-12-10-15-8(16-11(17-10)18(2)3)7-9(19-4)14-6-5-13-7/h5-6H,1-4H3,(H,12,15,16,17). The molecule has 0 aliphatic heterocycles. The van der Waals surface area contributed by atoms with Gasteiger partial charge in [-0.25, -0.2) is 9.97 Å². The van der Waals surface area contributed by atoms with Gasteiger partial charge in [-0.1, -0.05) is 0 Å². The highest BCUT2D eigenvalue weighted by Gasteiger charge is 2.15. The summed E-state index contributed by atoms with van der Waals surface area (Å²) in [5.41, 5.74) is 0.479. The highest BCUT2D eigenvalue weighted by molar-refractivity contribution is 5.58. The van der Waals surface area contributed by atoms with E-state index in [0.29, 0.717) is 29.3 Å². The number of hydrogen-bond donors (Lipinski definition) is 1. The predicted molar refractivity (Wildman–Crippen MR) is 71.3 cm³/mol. The van der Waals surface area contributed by atoms with Crippen LogP contribution in [-0.4, -0.2) is 53.2 Å². The summed E-state index contributed by atoms with van der Waals surface area (Å²) in [6.45, 7) is 0. The average molecular weight is 261 g/mol. The molecule has 0 bridgehead atoms. The van der Waals surface area contributed by atoms with Crippen LogP contribution in [-0.2, 0) is 0 Å². The number of rotatable bonds is 4. The zero-order chi connectivity index (χ0) is 13.8. The number of anilines is 2. The first-order valence-corrected chi connectivity index (χ1v) is 5.62. The normalized spacial score (nSPS) is 10.1. The van der Waals surface area contributed by atoms with Gasteiger partial charge in [0, 0.05) is 33.5 Å². The second kappa shape index (κ2) is 5.42. The van der Waals surface area contributed by atoms with Gasteiger partial charge in [0.25, 0.3) is 0 Å². The first-order chi connectivity index (χ1) is 9.15. The Morgan fingerprint density at radius 3 is 2.47 bits per heavy atom. The van der Waals surface area contributed by atoms with Crippen molar-refractivity contribution in [2.24, 2.45) is 0 Å². The second-order valence-electron chi connectivity index (χ2n) is 3.84. The van der Waals surface area contributed by atoms with Gasteiger partial charge in [-0.15, -0.1) is 0 Å². The summed E-state index contributed by atoms with van der Waals surface area (Å²) in [4.78, 5) is 22.9. The molecule has 0 radical (unpaired) electrons. The lowest BCUT2D eigenvalue weighted by molar-refractivity contribution is 0.397. The fourth-order valence-electron chi connectivity index (χ4n) is 1.41. The van der Waals surface area contributed by atoms with Crippen LogP contribution in [0.15, 0.2) is 12.4 Å². The lowest BCUT2D eigenvalue weighted by Crippen LogP contribution is -2.15. The maximum Gasteiger partial charge on any atom is 0.243 e. The highest BCUT2D eigenvalue weighted by atomic mass is 16.5. The van der Waals surface area contributed by atoms with Crippen LogP contribution in [0.5, 0.6) is 5.88 Å². The first kappa shape index (κ1) is 12.9. The Kier molecular flexibility index (Phi) is 3.69. The van der Waals surface area contributed by atoms with E-state index in [9.17, 15) is 0 Å². The lowest BCUT2D eigenvalue weighted by atomic mass is 10.4. The molecule has 2 rings (SSSR count). The molecule has 0 saturated carbocycles. The molecule has 0 aliphatic carbocycles. The Morgan fingerprint density at radius 2 is 1.84 bits per heavy atom. The van der Waals surface area contributed by atoms with Crippen LogP contribution in [0.3, 0.4) is 0 Å². The molecule has 0 spiro atoms. The third-order valence-electron chi connectivity index (χ3n) is 2.32. The van der Waals surface area contributed by atoms with Crippen molar-refractivity contribution in [2.45, 2.75) is 0 Å². The van der Waals surface area contributed by atoms with Crippen molar-refractivity contribution in [2.75, 3.05) is 38.5 Å². The first-order valence-electron chi connectivity index (χ1n) is 5.62. The molecule has 0 unspecified atom stereocenters. The van der Waals surface area contributed by atoms with Crippen LogP contribution in [0, 0.1) is 0 Å². The van der Waals surface area contributed by atoms with Gasteiger partial charge in [0.2, 0.25) is 17.8 Å². The minimum Gasteiger partial charge on any atom is -0.479 e. The van der Waals surface area contributed by atoms with Crippen molar-refractivity contribution in [3.05, 3.63) is 12.4 Å². The minimum atomic E-state index is 0.375. The molecule has 2 aromatic rings. The van der Waals surface area contributed by atoms with Crippen LogP contribution in [0.2, 0.25) is 0 Å². The highest BCUT2D eigenvalue weighted by Crippen LogP contribution is 2.23. The Bertz CT molecular complexity index is 573. The summed E-state index contributed by atoms with van der Waals surface area (Å²) in [5.74, 6) is 1.77. The minimum absolute atomic E-state index is 0.375. The zero-order valence-electron chi connectivity index (χ0n) is 11.2. The summed E-state index contributed by atoms with van der Waals surface area (Å²) in [5, 5.41) is 2.89. The number of nitrogens with zero attached hydrogens (tertiary/aromatic N) is 6. The van der Waals surface area contributed by atoms with Gasteiger partial charge in [-0.05, 0) is 0 Å². The van der Waals surface area contributed by atoms with Crippen molar-refractivity contribution >= 4 is 11.9 Å². The van der Waals surface area contributed by atoms with E-state index in [-0.39, 0.29) is 0 Å². The van der Waals surface area contributed by atoms with Gasteiger partial charge >= 0.3 is 0 Å². The fraction of sp³-hybridized carbons (Fsp3) is 0.364. The van der Waals surface area contributed by atoms with Gasteiger partial charge in [0.05, 0.1) is 7.11 Å². The second-order valence-corrected chi connectivity index (χ2v) is 3.84. The van der Waals surface area contributed by atoms with E-state index in [2.05, 4.69) is 30.2 Å². The Labute approximate surface area is 110 Å². The van der Waals surface area contributed by atoms with Gasteiger partial charge in [-0.3, -0.25) is 0 Å². The maximum absolute atomic E-state index is 5.17. The van der Waals surface area contributed by atoms with E-state index in [1.807, 2.05) is 14.1 Å². The summed E-state index contributed by atoms with van der Waals surface area (Å²) in [6, 6.07) is 0. The molecule has 8 nitrogen and oxygen atoms in total. The average Bonchev–Trinajstić information content (AvgIpc) is 2.46. The number of nitrogens with one attached hydrogen (secondary N) is 1. The molecule has 0 amide bonds. The Balaban J connectivity index is 2.57. The van der Waals surface area contributed by atoms with Crippen LogP contribution in [0.4, 0.5) is 11.9 Å². The molecule has 2 heterocycles. The van der Waals surface area contributed by atoms with Crippen molar-refractivity contribution in [3.8, 4) is 17.4 Å². The molecule has 0 saturated heterocycles. The van der Waals surface area contributed by atoms with Crippen molar-refractivity contribution in [1.82, 2.24) is 24.9 Å². The number of aromatic nitrogens is 5. The van der Waals surface area contributed by atoms with Crippen LogP contribution >= 0.6 is 0 Å². The van der Waals surface area contributed by atoms with Gasteiger partial charge in [-0.2, -0.15) is 15.0 Å². The van der Waals surface area contributed by atoms with Crippen molar-refractivity contribution in [1.29, 1.82) is 0 Å². The summed E-state index contributed by atoms with van der Waals surface area (Å²) in [7, 11) is 6.98. The molecule has 1 N–H and O–H groups in total. The quantitative estimate of drug-likeness (QED) is 0.848. The predicted octanol–water partition coefficient (Wildman–Crippen LogP) is 0.445.